The molecule has 2 aromatic rings. The van der Waals surface area contributed by atoms with Crippen molar-refractivity contribution in [1.82, 2.24) is 9.55 Å². The molecule has 0 aliphatic heterocycles. The van der Waals surface area contributed by atoms with Crippen LogP contribution in [-0.2, 0) is 6.54 Å². The van der Waals surface area contributed by atoms with Gasteiger partial charge < -0.3 is 10.3 Å². The van der Waals surface area contributed by atoms with E-state index >= 15 is 0 Å². The van der Waals surface area contributed by atoms with Gasteiger partial charge in [-0.25, -0.2) is 4.98 Å². The van der Waals surface area contributed by atoms with E-state index in [-0.39, 0.29) is 5.41 Å². The van der Waals surface area contributed by atoms with Gasteiger partial charge in [0.1, 0.15) is 5.82 Å². The van der Waals surface area contributed by atoms with Crippen LogP contribution >= 0.6 is 0 Å². The van der Waals surface area contributed by atoms with Crippen LogP contribution in [0.2, 0.25) is 0 Å². The van der Waals surface area contributed by atoms with Crippen LogP contribution in [0.15, 0.2) is 36.7 Å². The van der Waals surface area contributed by atoms with Crippen molar-refractivity contribution >= 4 is 5.69 Å². The number of nitriles is 1. The van der Waals surface area contributed by atoms with Crippen molar-refractivity contribution in [1.29, 1.82) is 5.26 Å². The Hall–Kier alpha value is -2.28. The van der Waals surface area contributed by atoms with Gasteiger partial charge in [0.2, 0.25) is 0 Å². The van der Waals surface area contributed by atoms with Crippen molar-refractivity contribution in [2.75, 3.05) is 5.73 Å². The van der Waals surface area contributed by atoms with E-state index in [2.05, 4.69) is 15.6 Å². The third-order valence-electron chi connectivity index (χ3n) is 3.80. The summed E-state index contributed by atoms with van der Waals surface area (Å²) >= 11 is 0. The number of hydrogen-bond donors (Lipinski definition) is 1. The van der Waals surface area contributed by atoms with Crippen LogP contribution in [0.3, 0.4) is 0 Å². The van der Waals surface area contributed by atoms with E-state index in [0.717, 1.165) is 36.5 Å². The summed E-state index contributed by atoms with van der Waals surface area (Å²) < 4.78 is 2.15. The Labute approximate surface area is 112 Å². The van der Waals surface area contributed by atoms with Crippen molar-refractivity contribution in [3.63, 3.8) is 0 Å². The summed E-state index contributed by atoms with van der Waals surface area (Å²) in [7, 11) is 0. The molecule has 0 bridgehead atoms. The van der Waals surface area contributed by atoms with Crippen LogP contribution in [0.4, 0.5) is 5.69 Å². The topological polar surface area (TPSA) is 67.6 Å². The third kappa shape index (κ3) is 2.32. The highest BCUT2D eigenvalue weighted by Gasteiger charge is 2.42. The highest BCUT2D eigenvalue weighted by Crippen LogP contribution is 2.50. The average molecular weight is 252 g/mol. The Bertz CT molecular complexity index is 614. The maximum absolute atomic E-state index is 8.90. The molecule has 3 rings (SSSR count). The molecule has 2 N–H and O–H groups in total. The van der Waals surface area contributed by atoms with Gasteiger partial charge in [0, 0.05) is 42.0 Å². The van der Waals surface area contributed by atoms with E-state index in [1.165, 1.54) is 0 Å². The normalized spacial score (nSPS) is 15.9. The first kappa shape index (κ1) is 11.8. The second-order valence-electron chi connectivity index (χ2n) is 5.34. The highest BCUT2D eigenvalue weighted by atomic mass is 15.1. The Morgan fingerprint density at radius 3 is 2.68 bits per heavy atom. The number of benzene rings is 1. The molecule has 0 radical (unpaired) electrons. The van der Waals surface area contributed by atoms with Crippen LogP contribution < -0.4 is 5.73 Å². The maximum Gasteiger partial charge on any atom is 0.139 e. The van der Waals surface area contributed by atoms with Crippen molar-refractivity contribution in [3.05, 3.63) is 36.7 Å². The third-order valence-corrected chi connectivity index (χ3v) is 3.80. The molecule has 1 aliphatic rings. The van der Waals surface area contributed by atoms with E-state index in [1.807, 2.05) is 36.7 Å². The van der Waals surface area contributed by atoms with E-state index in [4.69, 9.17) is 11.0 Å². The zero-order valence-electron chi connectivity index (χ0n) is 10.7. The lowest BCUT2D eigenvalue weighted by atomic mass is 10.0. The standard InChI is InChI=1S/C15H16N4/c16-8-7-15(5-6-15)11-19-10-9-18-14(19)12-1-3-13(17)4-2-12/h1-4,9-10H,5-7,11,17H2. The fraction of sp³-hybridized carbons (Fsp3) is 0.333. The maximum atomic E-state index is 8.90. The van der Waals surface area contributed by atoms with E-state index < -0.39 is 0 Å². The predicted molar refractivity (Wildman–Crippen MR) is 74.0 cm³/mol. The lowest BCUT2D eigenvalue weighted by Gasteiger charge is -2.14. The second-order valence-corrected chi connectivity index (χ2v) is 5.34. The van der Waals surface area contributed by atoms with Crippen LogP contribution in [0.1, 0.15) is 19.3 Å². The van der Waals surface area contributed by atoms with Gasteiger partial charge in [0.15, 0.2) is 0 Å². The van der Waals surface area contributed by atoms with Crippen LogP contribution in [0.5, 0.6) is 0 Å². The van der Waals surface area contributed by atoms with Crippen LogP contribution in [-0.4, -0.2) is 9.55 Å². The van der Waals surface area contributed by atoms with Gasteiger partial charge in [0.05, 0.1) is 6.07 Å². The first-order valence-electron chi connectivity index (χ1n) is 6.46. The molecule has 0 amide bonds. The summed E-state index contributed by atoms with van der Waals surface area (Å²) in [5.74, 6) is 0.948. The summed E-state index contributed by atoms with van der Waals surface area (Å²) in [6.45, 7) is 0.875. The van der Waals surface area contributed by atoms with Gasteiger partial charge in [-0.15, -0.1) is 0 Å². The number of nitrogens with zero attached hydrogens (tertiary/aromatic N) is 3. The number of anilines is 1. The van der Waals surface area contributed by atoms with Gasteiger partial charge in [-0.3, -0.25) is 0 Å². The number of rotatable bonds is 4. The molecular weight excluding hydrogens is 236 g/mol. The molecule has 0 atom stereocenters. The quantitative estimate of drug-likeness (QED) is 0.851. The van der Waals surface area contributed by atoms with Crippen LogP contribution in [0, 0.1) is 16.7 Å². The van der Waals surface area contributed by atoms with Crippen molar-refractivity contribution in [3.8, 4) is 17.5 Å². The summed E-state index contributed by atoms with van der Waals surface area (Å²) in [5, 5.41) is 8.90. The number of hydrogen-bond acceptors (Lipinski definition) is 3. The molecule has 0 unspecified atom stereocenters. The summed E-state index contributed by atoms with van der Waals surface area (Å²) in [4.78, 5) is 4.43. The Morgan fingerprint density at radius 2 is 2.05 bits per heavy atom. The zero-order valence-corrected chi connectivity index (χ0v) is 10.7. The Balaban J connectivity index is 1.87. The van der Waals surface area contributed by atoms with Gasteiger partial charge >= 0.3 is 0 Å². The number of nitrogens with two attached hydrogens (primary N) is 1. The summed E-state index contributed by atoms with van der Waals surface area (Å²) in [6.07, 6.45) is 6.71. The molecular formula is C15H16N4. The molecule has 1 aliphatic carbocycles. The van der Waals surface area contributed by atoms with Crippen LogP contribution in [0.25, 0.3) is 11.4 Å². The zero-order chi connectivity index (χ0) is 13.3. The second kappa shape index (κ2) is 4.43. The van der Waals surface area contributed by atoms with Crippen molar-refractivity contribution in [2.45, 2.75) is 25.8 Å². The monoisotopic (exact) mass is 252 g/mol. The minimum absolute atomic E-state index is 0.179. The molecule has 4 nitrogen and oxygen atoms in total. The molecule has 19 heavy (non-hydrogen) atoms. The molecule has 4 heteroatoms. The lowest BCUT2D eigenvalue weighted by molar-refractivity contribution is 0.434. The fourth-order valence-electron chi connectivity index (χ4n) is 2.43. The van der Waals surface area contributed by atoms with Crippen molar-refractivity contribution in [2.24, 2.45) is 5.41 Å². The average Bonchev–Trinajstić information content (AvgIpc) is 2.99. The first-order chi connectivity index (χ1) is 9.22. The smallest absolute Gasteiger partial charge is 0.139 e. The van der Waals surface area contributed by atoms with E-state index in [1.54, 1.807) is 0 Å². The molecule has 1 aromatic carbocycles. The van der Waals surface area contributed by atoms with E-state index in [0.29, 0.717) is 6.42 Å². The number of nitrogen functional groups attached to an aromatic ring is 1. The first-order valence-corrected chi connectivity index (χ1v) is 6.46. The largest absolute Gasteiger partial charge is 0.399 e. The minimum atomic E-state index is 0.179. The summed E-state index contributed by atoms with van der Waals surface area (Å²) in [6, 6.07) is 10.0. The SMILES string of the molecule is N#CCC1(Cn2ccnc2-c2ccc(N)cc2)CC1. The fourth-order valence-corrected chi connectivity index (χ4v) is 2.43. The van der Waals surface area contributed by atoms with Gasteiger partial charge in [0.25, 0.3) is 0 Å². The van der Waals surface area contributed by atoms with Gasteiger partial charge in [-0.05, 0) is 37.1 Å². The van der Waals surface area contributed by atoms with Crippen molar-refractivity contribution < 1.29 is 0 Å². The molecule has 0 spiro atoms. The molecule has 1 saturated carbocycles. The molecule has 0 saturated heterocycles. The number of imidazole rings is 1. The predicted octanol–water partition coefficient (Wildman–Crippen LogP) is 2.83. The van der Waals surface area contributed by atoms with Gasteiger partial charge in [-0.2, -0.15) is 5.26 Å². The summed E-state index contributed by atoms with van der Waals surface area (Å²) in [5.41, 5.74) is 7.70. The van der Waals surface area contributed by atoms with Gasteiger partial charge in [-0.1, -0.05) is 0 Å². The Morgan fingerprint density at radius 1 is 1.32 bits per heavy atom. The molecule has 96 valence electrons. The Kier molecular flexibility index (Phi) is 2.75. The lowest BCUT2D eigenvalue weighted by Crippen LogP contribution is -2.11. The molecule has 1 fully saturated rings. The molecule has 1 aromatic heterocycles. The van der Waals surface area contributed by atoms with E-state index in [9.17, 15) is 0 Å². The number of aromatic nitrogens is 2. The molecule has 1 heterocycles. The highest BCUT2D eigenvalue weighted by molar-refractivity contribution is 5.59. The minimum Gasteiger partial charge on any atom is -0.399 e.